The highest BCUT2D eigenvalue weighted by molar-refractivity contribution is 5.64. The monoisotopic (exact) mass is 229 g/mol. The van der Waals surface area contributed by atoms with Crippen molar-refractivity contribution in [1.29, 1.82) is 0 Å². The Morgan fingerprint density at radius 3 is 2.88 bits per heavy atom. The third-order valence-electron chi connectivity index (χ3n) is 2.73. The molecule has 1 aromatic carbocycles. The first-order valence-corrected chi connectivity index (χ1v) is 6.09. The van der Waals surface area contributed by atoms with Gasteiger partial charge in [-0.2, -0.15) is 5.10 Å². The minimum Gasteiger partial charge on any atom is -0.385 e. The van der Waals surface area contributed by atoms with Crippen molar-refractivity contribution in [1.82, 2.24) is 10.2 Å². The Bertz CT molecular complexity index is 446. The summed E-state index contributed by atoms with van der Waals surface area (Å²) in [6.07, 6.45) is 2.96. The molecule has 0 aliphatic carbocycles. The van der Waals surface area contributed by atoms with Crippen molar-refractivity contribution in [3.63, 3.8) is 0 Å². The summed E-state index contributed by atoms with van der Waals surface area (Å²) in [4.78, 5) is 0. The van der Waals surface area contributed by atoms with Crippen LogP contribution in [0.25, 0.3) is 11.3 Å². The van der Waals surface area contributed by atoms with E-state index in [9.17, 15) is 0 Å². The molecule has 0 saturated carbocycles. The zero-order chi connectivity index (χ0) is 12.1. The molecule has 0 spiro atoms. The van der Waals surface area contributed by atoms with Gasteiger partial charge in [-0.25, -0.2) is 0 Å². The summed E-state index contributed by atoms with van der Waals surface area (Å²) in [6, 6.07) is 10.4. The lowest BCUT2D eigenvalue weighted by Gasteiger charge is -2.09. The standard InChI is InChI=1S/C14H19N3/c1-11(2)6-8-15-13-5-3-4-12(10-13)14-7-9-16-17-14/h3-5,7,9-11,15H,6,8H2,1-2H3,(H,16,17). The number of aromatic nitrogens is 2. The smallest absolute Gasteiger partial charge is 0.0650 e. The third kappa shape index (κ3) is 3.34. The van der Waals surface area contributed by atoms with E-state index >= 15 is 0 Å². The summed E-state index contributed by atoms with van der Waals surface area (Å²) in [5, 5.41) is 10.4. The molecule has 0 fully saturated rings. The Balaban J connectivity index is 2.02. The van der Waals surface area contributed by atoms with E-state index in [1.54, 1.807) is 6.20 Å². The van der Waals surface area contributed by atoms with E-state index in [1.807, 2.05) is 6.07 Å². The number of rotatable bonds is 5. The number of hydrogen-bond acceptors (Lipinski definition) is 2. The highest BCUT2D eigenvalue weighted by Crippen LogP contribution is 2.20. The Labute approximate surface area is 102 Å². The minimum atomic E-state index is 0.735. The van der Waals surface area contributed by atoms with Gasteiger partial charge in [0.25, 0.3) is 0 Å². The lowest BCUT2D eigenvalue weighted by atomic mass is 10.1. The largest absolute Gasteiger partial charge is 0.385 e. The molecule has 1 aromatic heterocycles. The summed E-state index contributed by atoms with van der Waals surface area (Å²) < 4.78 is 0. The van der Waals surface area contributed by atoms with Gasteiger partial charge >= 0.3 is 0 Å². The summed E-state index contributed by atoms with van der Waals surface area (Å²) in [5.74, 6) is 0.735. The van der Waals surface area contributed by atoms with Gasteiger partial charge in [-0.05, 0) is 30.5 Å². The maximum absolute atomic E-state index is 3.97. The number of H-pyrrole nitrogens is 1. The molecule has 0 radical (unpaired) electrons. The molecule has 2 N–H and O–H groups in total. The molecule has 0 unspecified atom stereocenters. The van der Waals surface area contributed by atoms with E-state index in [0.717, 1.165) is 29.4 Å². The Morgan fingerprint density at radius 2 is 2.18 bits per heavy atom. The quantitative estimate of drug-likeness (QED) is 0.823. The fraction of sp³-hybridized carbons (Fsp3) is 0.357. The van der Waals surface area contributed by atoms with Crippen LogP contribution in [-0.4, -0.2) is 16.7 Å². The zero-order valence-corrected chi connectivity index (χ0v) is 10.4. The van der Waals surface area contributed by atoms with Gasteiger partial charge in [0.15, 0.2) is 0 Å². The van der Waals surface area contributed by atoms with Crippen molar-refractivity contribution in [2.24, 2.45) is 5.92 Å². The van der Waals surface area contributed by atoms with Gasteiger partial charge in [-0.15, -0.1) is 0 Å². The van der Waals surface area contributed by atoms with Gasteiger partial charge < -0.3 is 5.32 Å². The predicted molar refractivity (Wildman–Crippen MR) is 72.0 cm³/mol. The molecule has 17 heavy (non-hydrogen) atoms. The molecule has 0 saturated heterocycles. The molecule has 1 heterocycles. The Kier molecular flexibility index (Phi) is 3.81. The number of aromatic amines is 1. The van der Waals surface area contributed by atoms with Gasteiger partial charge in [-0.3, -0.25) is 5.10 Å². The maximum atomic E-state index is 3.97. The SMILES string of the molecule is CC(C)CCNc1cccc(-c2ccn[nH]2)c1. The van der Waals surface area contributed by atoms with E-state index in [2.05, 4.69) is 53.6 Å². The molecule has 0 atom stereocenters. The molecule has 0 amide bonds. The fourth-order valence-electron chi connectivity index (χ4n) is 1.72. The van der Waals surface area contributed by atoms with E-state index in [0.29, 0.717) is 0 Å². The highest BCUT2D eigenvalue weighted by Gasteiger charge is 2.00. The maximum Gasteiger partial charge on any atom is 0.0650 e. The zero-order valence-electron chi connectivity index (χ0n) is 10.4. The molecule has 2 rings (SSSR count). The van der Waals surface area contributed by atoms with Crippen molar-refractivity contribution in [3.8, 4) is 11.3 Å². The van der Waals surface area contributed by atoms with Crippen LogP contribution in [0.1, 0.15) is 20.3 Å². The molecular formula is C14H19N3. The van der Waals surface area contributed by atoms with Gasteiger partial charge in [0, 0.05) is 24.0 Å². The molecule has 2 aromatic rings. The molecular weight excluding hydrogens is 210 g/mol. The molecule has 0 bridgehead atoms. The predicted octanol–water partition coefficient (Wildman–Crippen LogP) is 3.53. The lowest BCUT2D eigenvalue weighted by molar-refractivity contribution is 0.607. The van der Waals surface area contributed by atoms with Crippen molar-refractivity contribution >= 4 is 5.69 Å². The van der Waals surface area contributed by atoms with E-state index in [-0.39, 0.29) is 0 Å². The summed E-state index contributed by atoms with van der Waals surface area (Å²) >= 11 is 0. The average Bonchev–Trinajstić information content (AvgIpc) is 2.82. The van der Waals surface area contributed by atoms with Crippen LogP contribution in [0, 0.1) is 5.92 Å². The van der Waals surface area contributed by atoms with Crippen LogP contribution >= 0.6 is 0 Å². The van der Waals surface area contributed by atoms with Gasteiger partial charge in [0.05, 0.1) is 5.69 Å². The normalized spacial score (nSPS) is 10.8. The van der Waals surface area contributed by atoms with Crippen LogP contribution < -0.4 is 5.32 Å². The van der Waals surface area contributed by atoms with Crippen LogP contribution in [0.15, 0.2) is 36.5 Å². The summed E-state index contributed by atoms with van der Waals surface area (Å²) in [7, 11) is 0. The first kappa shape index (κ1) is 11.7. The van der Waals surface area contributed by atoms with Crippen LogP contribution in [0.4, 0.5) is 5.69 Å². The van der Waals surface area contributed by atoms with Crippen molar-refractivity contribution in [2.75, 3.05) is 11.9 Å². The van der Waals surface area contributed by atoms with Crippen molar-refractivity contribution in [3.05, 3.63) is 36.5 Å². The highest BCUT2D eigenvalue weighted by atomic mass is 15.1. The van der Waals surface area contributed by atoms with Gasteiger partial charge in [-0.1, -0.05) is 26.0 Å². The molecule has 3 nitrogen and oxygen atoms in total. The van der Waals surface area contributed by atoms with Crippen LogP contribution in [-0.2, 0) is 0 Å². The summed E-state index contributed by atoms with van der Waals surface area (Å²) in [6.45, 7) is 5.50. The molecule has 90 valence electrons. The Morgan fingerprint density at radius 1 is 1.29 bits per heavy atom. The molecule has 3 heteroatoms. The van der Waals surface area contributed by atoms with E-state index in [1.165, 1.54) is 6.42 Å². The fourth-order valence-corrected chi connectivity index (χ4v) is 1.72. The van der Waals surface area contributed by atoms with Gasteiger partial charge in [0.2, 0.25) is 0 Å². The van der Waals surface area contributed by atoms with Crippen LogP contribution in [0.5, 0.6) is 0 Å². The lowest BCUT2D eigenvalue weighted by Crippen LogP contribution is -2.04. The molecule has 0 aliphatic rings. The minimum absolute atomic E-state index is 0.735. The number of nitrogens with zero attached hydrogens (tertiary/aromatic N) is 1. The summed E-state index contributed by atoms with van der Waals surface area (Å²) in [5.41, 5.74) is 3.38. The second kappa shape index (κ2) is 5.53. The topological polar surface area (TPSA) is 40.7 Å². The third-order valence-corrected chi connectivity index (χ3v) is 2.73. The van der Waals surface area contributed by atoms with Crippen molar-refractivity contribution < 1.29 is 0 Å². The van der Waals surface area contributed by atoms with Crippen molar-refractivity contribution in [2.45, 2.75) is 20.3 Å². The number of anilines is 1. The van der Waals surface area contributed by atoms with Crippen LogP contribution in [0.3, 0.4) is 0 Å². The molecule has 0 aliphatic heterocycles. The first-order chi connectivity index (χ1) is 8.25. The average molecular weight is 229 g/mol. The van der Waals surface area contributed by atoms with E-state index in [4.69, 9.17) is 0 Å². The van der Waals surface area contributed by atoms with Gasteiger partial charge in [0.1, 0.15) is 0 Å². The second-order valence-electron chi connectivity index (χ2n) is 4.66. The number of hydrogen-bond donors (Lipinski definition) is 2. The second-order valence-corrected chi connectivity index (χ2v) is 4.66. The van der Waals surface area contributed by atoms with Crippen LogP contribution in [0.2, 0.25) is 0 Å². The Hall–Kier alpha value is -1.77. The number of benzene rings is 1. The van der Waals surface area contributed by atoms with E-state index < -0.39 is 0 Å². The first-order valence-electron chi connectivity index (χ1n) is 6.09. The number of nitrogens with one attached hydrogen (secondary N) is 2.